The van der Waals surface area contributed by atoms with Crippen LogP contribution in [-0.4, -0.2) is 19.6 Å². The molecule has 0 fully saturated rings. The molecule has 0 saturated carbocycles. The molecule has 4 nitrogen and oxygen atoms in total. The lowest BCUT2D eigenvalue weighted by Crippen LogP contribution is -2.17. The molecule has 0 unspecified atom stereocenters. The minimum atomic E-state index is -2.49. The number of imidazole rings is 1. The van der Waals surface area contributed by atoms with E-state index in [1.807, 2.05) is 115 Å². The van der Waals surface area contributed by atoms with Crippen LogP contribution in [0.5, 0.6) is 5.75 Å². The van der Waals surface area contributed by atoms with Gasteiger partial charge in [0.05, 0.1) is 28.0 Å². The summed E-state index contributed by atoms with van der Waals surface area (Å²) in [6.45, 7) is 14.0. The van der Waals surface area contributed by atoms with Crippen molar-refractivity contribution >= 4 is 11.0 Å². The Bertz CT molecular complexity index is 2950. The van der Waals surface area contributed by atoms with Crippen molar-refractivity contribution in [3.8, 4) is 67.5 Å². The number of para-hydroxylation sites is 1. The molecular formula is C54H53N3O. The van der Waals surface area contributed by atoms with E-state index in [1.165, 1.54) is 0 Å². The zero-order chi connectivity index (χ0) is 44.4. The van der Waals surface area contributed by atoms with Crippen LogP contribution in [0, 0.1) is 6.85 Å². The zero-order valence-electron chi connectivity index (χ0n) is 38.6. The Morgan fingerprint density at radius 3 is 1.95 bits per heavy atom. The topological polar surface area (TPSA) is 50.9 Å². The second kappa shape index (κ2) is 14.9. The predicted molar refractivity (Wildman–Crippen MR) is 244 cm³/mol. The van der Waals surface area contributed by atoms with Gasteiger partial charge in [-0.2, -0.15) is 0 Å². The zero-order valence-corrected chi connectivity index (χ0v) is 34.6. The van der Waals surface area contributed by atoms with Gasteiger partial charge in [0.2, 0.25) is 0 Å². The Morgan fingerprint density at radius 1 is 0.621 bits per heavy atom. The van der Waals surface area contributed by atoms with Gasteiger partial charge in [0, 0.05) is 28.4 Å². The second-order valence-corrected chi connectivity index (χ2v) is 17.6. The fourth-order valence-electron chi connectivity index (χ4n) is 7.74. The Kier molecular flexibility index (Phi) is 8.70. The number of aromatic hydroxyl groups is 1. The molecule has 0 aliphatic rings. The molecule has 0 saturated heterocycles. The summed E-state index contributed by atoms with van der Waals surface area (Å²) in [6.07, 6.45) is 1.76. The standard InChI is InChI=1S/C54H53N3O/c1-34(2)38-25-26-55-47(31-38)42-29-40(37-19-14-11-15-20-37)28-41(30-42)44-21-16-22-49-50(44)56-52(45-32-43(53(4,5)6)33-46(51(45)58)54(7,8)9)57(49)48-24-23-39(27-35(48)3)36-17-12-10-13-18-36/h10-34,58H,1-9H3/i3D3,34D. The molecule has 2 aromatic heterocycles. The van der Waals surface area contributed by atoms with Crippen LogP contribution in [0.2, 0.25) is 0 Å². The number of nitrogens with zero attached hydrogens (tertiary/aromatic N) is 3. The van der Waals surface area contributed by atoms with E-state index in [9.17, 15) is 5.11 Å². The number of pyridine rings is 1. The van der Waals surface area contributed by atoms with Crippen LogP contribution in [-0.2, 0) is 10.8 Å². The third-order valence-corrected chi connectivity index (χ3v) is 11.0. The molecule has 58 heavy (non-hydrogen) atoms. The summed E-state index contributed by atoms with van der Waals surface area (Å²) in [5, 5.41) is 12.4. The Balaban J connectivity index is 1.48. The van der Waals surface area contributed by atoms with Crippen LogP contribution in [0.3, 0.4) is 0 Å². The lowest BCUT2D eigenvalue weighted by molar-refractivity contribution is 0.446. The molecule has 0 radical (unpaired) electrons. The highest BCUT2D eigenvalue weighted by molar-refractivity contribution is 5.98. The molecule has 8 rings (SSSR count). The van der Waals surface area contributed by atoms with Crippen molar-refractivity contribution in [3.63, 3.8) is 0 Å². The van der Waals surface area contributed by atoms with Crippen LogP contribution in [0.25, 0.3) is 72.7 Å². The molecule has 0 aliphatic carbocycles. The highest BCUT2D eigenvalue weighted by atomic mass is 16.3. The van der Waals surface area contributed by atoms with E-state index in [1.54, 1.807) is 12.3 Å². The molecule has 290 valence electrons. The van der Waals surface area contributed by atoms with Gasteiger partial charge in [-0.25, -0.2) is 4.98 Å². The van der Waals surface area contributed by atoms with Crippen molar-refractivity contribution < 1.29 is 10.6 Å². The number of aryl methyl sites for hydroxylation is 1. The Morgan fingerprint density at radius 2 is 1.29 bits per heavy atom. The van der Waals surface area contributed by atoms with Gasteiger partial charge in [-0.15, -0.1) is 0 Å². The molecule has 0 spiro atoms. The van der Waals surface area contributed by atoms with Gasteiger partial charge >= 0.3 is 0 Å². The monoisotopic (exact) mass is 763 g/mol. The third-order valence-electron chi connectivity index (χ3n) is 11.0. The largest absolute Gasteiger partial charge is 0.507 e. The highest BCUT2D eigenvalue weighted by Gasteiger charge is 2.29. The number of benzene rings is 6. The molecule has 4 heteroatoms. The molecule has 0 aliphatic heterocycles. The first-order chi connectivity index (χ1) is 29.2. The van der Waals surface area contributed by atoms with Crippen LogP contribution >= 0.6 is 0 Å². The SMILES string of the molecule is [2H]C([2H])([2H])c1cc(-c2ccccc2)ccc1-n1c(-c2cc(C(C)(C)C)cc(C(C)(C)C)c2O)nc2c(-c3cc(-c4ccccc4)cc(-c4cc(C([2H])(C)C)ccn4)c3)cccc21. The van der Waals surface area contributed by atoms with Gasteiger partial charge in [0.15, 0.2) is 0 Å². The molecule has 0 atom stereocenters. The first-order valence-corrected chi connectivity index (χ1v) is 20.0. The summed E-state index contributed by atoms with van der Waals surface area (Å²) < 4.78 is 37.4. The molecule has 6 aromatic carbocycles. The predicted octanol–water partition coefficient (Wildman–Crippen LogP) is 14.5. The molecule has 0 bridgehead atoms. The fraction of sp³-hybridized carbons (Fsp3) is 0.222. The second-order valence-electron chi connectivity index (χ2n) is 17.6. The minimum absolute atomic E-state index is 0.108. The van der Waals surface area contributed by atoms with E-state index in [2.05, 4.69) is 77.9 Å². The fourth-order valence-corrected chi connectivity index (χ4v) is 7.74. The van der Waals surface area contributed by atoms with E-state index in [-0.39, 0.29) is 16.7 Å². The van der Waals surface area contributed by atoms with Gasteiger partial charge in [0.25, 0.3) is 0 Å². The van der Waals surface area contributed by atoms with E-state index in [4.69, 9.17) is 15.5 Å². The summed E-state index contributed by atoms with van der Waals surface area (Å²) in [6, 6.07) is 46.0. The van der Waals surface area contributed by atoms with Crippen molar-refractivity contribution in [2.75, 3.05) is 0 Å². The van der Waals surface area contributed by atoms with Crippen molar-refractivity contribution in [2.24, 2.45) is 0 Å². The van der Waals surface area contributed by atoms with Gasteiger partial charge < -0.3 is 5.11 Å². The molecular weight excluding hydrogens is 707 g/mol. The maximum Gasteiger partial charge on any atom is 0.149 e. The van der Waals surface area contributed by atoms with Gasteiger partial charge in [-0.05, 0) is 123 Å². The number of hydrogen-bond donors (Lipinski definition) is 1. The quantitative estimate of drug-likeness (QED) is 0.176. The summed E-state index contributed by atoms with van der Waals surface area (Å²) in [5.41, 5.74) is 11.5. The van der Waals surface area contributed by atoms with E-state index >= 15 is 0 Å². The number of phenols is 1. The van der Waals surface area contributed by atoms with Crippen LogP contribution in [0.1, 0.15) is 89.0 Å². The van der Waals surface area contributed by atoms with Crippen molar-refractivity contribution in [3.05, 3.63) is 168 Å². The van der Waals surface area contributed by atoms with Gasteiger partial charge in [0.1, 0.15) is 11.6 Å². The molecule has 2 heterocycles. The first kappa shape index (κ1) is 33.8. The van der Waals surface area contributed by atoms with Crippen molar-refractivity contribution in [1.82, 2.24) is 14.5 Å². The number of hydrogen-bond acceptors (Lipinski definition) is 3. The molecule has 8 aromatic rings. The van der Waals surface area contributed by atoms with E-state index < -0.39 is 18.2 Å². The number of fused-ring (bicyclic) bond motifs is 1. The minimum Gasteiger partial charge on any atom is -0.507 e. The average Bonchev–Trinajstić information content (AvgIpc) is 3.62. The van der Waals surface area contributed by atoms with E-state index in [0.717, 1.165) is 61.3 Å². The van der Waals surface area contributed by atoms with Gasteiger partial charge in [-0.3, -0.25) is 9.55 Å². The highest BCUT2D eigenvalue weighted by Crippen LogP contribution is 2.45. The summed E-state index contributed by atoms with van der Waals surface area (Å²) in [5.74, 6) is -0.273. The van der Waals surface area contributed by atoms with Crippen LogP contribution in [0.15, 0.2) is 146 Å². The molecule has 0 amide bonds. The summed E-state index contributed by atoms with van der Waals surface area (Å²) in [7, 11) is 0. The van der Waals surface area contributed by atoms with Gasteiger partial charge in [-0.1, -0.05) is 140 Å². The number of phenolic OH excluding ortho intramolecular Hbond substituents is 1. The first-order valence-electron chi connectivity index (χ1n) is 22.0. The lowest BCUT2D eigenvalue weighted by atomic mass is 9.79. The lowest BCUT2D eigenvalue weighted by Gasteiger charge is -2.27. The third kappa shape index (κ3) is 7.36. The average molecular weight is 764 g/mol. The maximum absolute atomic E-state index is 12.4. The van der Waals surface area contributed by atoms with Crippen LogP contribution < -0.4 is 0 Å². The Hall–Kier alpha value is -6.26. The number of rotatable bonds is 7. The number of aromatic nitrogens is 3. The van der Waals surface area contributed by atoms with E-state index in [0.29, 0.717) is 28.1 Å². The molecule has 1 N–H and O–H groups in total. The normalized spacial score (nSPS) is 13.5. The summed E-state index contributed by atoms with van der Waals surface area (Å²) >= 11 is 0. The maximum atomic E-state index is 12.4. The Labute approximate surface area is 349 Å². The van der Waals surface area contributed by atoms with Crippen molar-refractivity contribution in [1.29, 1.82) is 0 Å². The van der Waals surface area contributed by atoms with Crippen LogP contribution in [0.4, 0.5) is 0 Å². The van der Waals surface area contributed by atoms with Crippen molar-refractivity contribution in [2.45, 2.75) is 79.0 Å². The summed E-state index contributed by atoms with van der Waals surface area (Å²) in [4.78, 5) is 10.3. The smallest absolute Gasteiger partial charge is 0.149 e.